The molecule has 1 aliphatic rings. The highest BCUT2D eigenvalue weighted by Gasteiger charge is 2.19. The highest BCUT2D eigenvalue weighted by Crippen LogP contribution is 2.36. The van der Waals surface area contributed by atoms with E-state index in [-0.39, 0.29) is 5.91 Å². The standard InChI is InChI=1S/C16H19N3O3/c1-3-21-13-7-10-12(8-14(13)22-4-2)19-9-11-15(10)17-5-6-18-16(11)20/h7-9,17H,3-6H2,1-2H3,(H,18,20). The molecule has 1 aliphatic heterocycles. The van der Waals surface area contributed by atoms with Crippen LogP contribution in [0.25, 0.3) is 10.9 Å². The van der Waals surface area contributed by atoms with Gasteiger partial charge < -0.3 is 20.1 Å². The Balaban J connectivity index is 2.20. The molecule has 0 fully saturated rings. The van der Waals surface area contributed by atoms with Gasteiger partial charge in [0, 0.05) is 30.7 Å². The normalized spacial score (nSPS) is 13.8. The van der Waals surface area contributed by atoms with Crippen LogP contribution in [0.1, 0.15) is 24.2 Å². The van der Waals surface area contributed by atoms with E-state index in [0.29, 0.717) is 43.4 Å². The summed E-state index contributed by atoms with van der Waals surface area (Å²) in [5.41, 5.74) is 2.12. The second-order valence-corrected chi connectivity index (χ2v) is 4.91. The Morgan fingerprint density at radius 1 is 1.09 bits per heavy atom. The molecule has 2 aromatic rings. The number of fused-ring (bicyclic) bond motifs is 3. The van der Waals surface area contributed by atoms with Crippen LogP contribution in [-0.2, 0) is 0 Å². The van der Waals surface area contributed by atoms with Crippen molar-refractivity contribution in [2.24, 2.45) is 0 Å². The second kappa shape index (κ2) is 6.09. The largest absolute Gasteiger partial charge is 0.490 e. The molecule has 1 amide bonds. The SMILES string of the molecule is CCOc1cc2ncc3c(c2cc1OCC)NCCNC3=O. The van der Waals surface area contributed by atoms with Crippen LogP contribution in [0.4, 0.5) is 5.69 Å². The van der Waals surface area contributed by atoms with Gasteiger partial charge in [0.15, 0.2) is 11.5 Å². The molecule has 3 rings (SSSR count). The van der Waals surface area contributed by atoms with Crippen LogP contribution in [0.5, 0.6) is 11.5 Å². The van der Waals surface area contributed by atoms with E-state index >= 15 is 0 Å². The smallest absolute Gasteiger partial charge is 0.255 e. The number of benzene rings is 1. The number of pyridine rings is 1. The first kappa shape index (κ1) is 14.4. The minimum absolute atomic E-state index is 0.110. The van der Waals surface area contributed by atoms with Crippen LogP contribution in [0, 0.1) is 0 Å². The first-order chi connectivity index (χ1) is 10.7. The number of hydrogen-bond acceptors (Lipinski definition) is 5. The molecule has 0 saturated carbocycles. The van der Waals surface area contributed by atoms with Gasteiger partial charge in [-0.15, -0.1) is 0 Å². The summed E-state index contributed by atoms with van der Waals surface area (Å²) < 4.78 is 11.3. The maximum Gasteiger partial charge on any atom is 0.255 e. The number of hydrogen-bond donors (Lipinski definition) is 2. The molecule has 1 aromatic carbocycles. The molecule has 1 aromatic heterocycles. The minimum atomic E-state index is -0.110. The van der Waals surface area contributed by atoms with E-state index in [2.05, 4.69) is 15.6 Å². The molecule has 0 spiro atoms. The van der Waals surface area contributed by atoms with Crippen molar-refractivity contribution < 1.29 is 14.3 Å². The molecule has 0 radical (unpaired) electrons. The fourth-order valence-electron chi connectivity index (χ4n) is 2.56. The molecule has 0 aliphatic carbocycles. The summed E-state index contributed by atoms with van der Waals surface area (Å²) in [4.78, 5) is 16.5. The van der Waals surface area contributed by atoms with E-state index in [1.54, 1.807) is 6.20 Å². The van der Waals surface area contributed by atoms with Gasteiger partial charge in [-0.2, -0.15) is 0 Å². The maximum atomic E-state index is 12.1. The average molecular weight is 301 g/mol. The predicted octanol–water partition coefficient (Wildman–Crippen LogP) is 2.19. The Morgan fingerprint density at radius 3 is 2.50 bits per heavy atom. The topological polar surface area (TPSA) is 72.5 Å². The number of nitrogens with one attached hydrogen (secondary N) is 2. The Hall–Kier alpha value is -2.50. The molecule has 2 N–H and O–H groups in total. The van der Waals surface area contributed by atoms with E-state index in [0.717, 1.165) is 16.6 Å². The van der Waals surface area contributed by atoms with Gasteiger partial charge in [0.1, 0.15) is 0 Å². The van der Waals surface area contributed by atoms with Gasteiger partial charge in [0.05, 0.1) is 30.0 Å². The number of aromatic nitrogens is 1. The van der Waals surface area contributed by atoms with Gasteiger partial charge in [-0.25, -0.2) is 0 Å². The van der Waals surface area contributed by atoms with Crippen molar-refractivity contribution in [3.8, 4) is 11.5 Å². The summed E-state index contributed by atoms with van der Waals surface area (Å²) in [6.07, 6.45) is 1.60. The molecule has 22 heavy (non-hydrogen) atoms. The maximum absolute atomic E-state index is 12.1. The fourth-order valence-corrected chi connectivity index (χ4v) is 2.56. The summed E-state index contributed by atoms with van der Waals surface area (Å²) in [6.45, 7) is 6.21. The quantitative estimate of drug-likeness (QED) is 0.905. The summed E-state index contributed by atoms with van der Waals surface area (Å²) in [5.74, 6) is 1.22. The third-order valence-electron chi connectivity index (χ3n) is 3.49. The van der Waals surface area contributed by atoms with Crippen molar-refractivity contribution in [2.75, 3.05) is 31.6 Å². The fraction of sp³-hybridized carbons (Fsp3) is 0.375. The number of rotatable bonds is 4. The zero-order chi connectivity index (χ0) is 15.5. The van der Waals surface area contributed by atoms with Crippen molar-refractivity contribution in [3.63, 3.8) is 0 Å². The number of amides is 1. The molecular weight excluding hydrogens is 282 g/mol. The summed E-state index contributed by atoms with van der Waals surface area (Å²) in [6, 6.07) is 3.75. The molecule has 6 nitrogen and oxygen atoms in total. The highest BCUT2D eigenvalue weighted by atomic mass is 16.5. The third kappa shape index (κ3) is 2.52. The first-order valence-corrected chi connectivity index (χ1v) is 7.49. The van der Waals surface area contributed by atoms with Crippen LogP contribution < -0.4 is 20.1 Å². The lowest BCUT2D eigenvalue weighted by molar-refractivity contribution is 0.0958. The number of carbonyl (C=O) groups is 1. The number of anilines is 1. The van der Waals surface area contributed by atoms with Crippen molar-refractivity contribution in [3.05, 3.63) is 23.9 Å². The van der Waals surface area contributed by atoms with Crippen LogP contribution >= 0.6 is 0 Å². The van der Waals surface area contributed by atoms with Gasteiger partial charge in [-0.1, -0.05) is 0 Å². The zero-order valence-electron chi connectivity index (χ0n) is 12.7. The van der Waals surface area contributed by atoms with Crippen LogP contribution in [0.15, 0.2) is 18.3 Å². The summed E-state index contributed by atoms with van der Waals surface area (Å²) >= 11 is 0. The van der Waals surface area contributed by atoms with Gasteiger partial charge in [0.2, 0.25) is 0 Å². The Labute approximate surface area is 128 Å². The van der Waals surface area contributed by atoms with Crippen LogP contribution in [0.3, 0.4) is 0 Å². The molecule has 0 saturated heterocycles. The van der Waals surface area contributed by atoms with Crippen molar-refractivity contribution in [2.45, 2.75) is 13.8 Å². The molecule has 0 atom stereocenters. The van der Waals surface area contributed by atoms with Crippen LogP contribution in [0.2, 0.25) is 0 Å². The highest BCUT2D eigenvalue weighted by molar-refractivity contribution is 6.08. The minimum Gasteiger partial charge on any atom is -0.490 e. The van der Waals surface area contributed by atoms with E-state index < -0.39 is 0 Å². The van der Waals surface area contributed by atoms with Crippen LogP contribution in [-0.4, -0.2) is 37.2 Å². The molecule has 6 heteroatoms. The molecular formula is C16H19N3O3. The second-order valence-electron chi connectivity index (χ2n) is 4.91. The Kier molecular flexibility index (Phi) is 4.00. The van der Waals surface area contributed by atoms with Crippen molar-refractivity contribution in [1.82, 2.24) is 10.3 Å². The van der Waals surface area contributed by atoms with Crippen molar-refractivity contribution >= 4 is 22.5 Å². The first-order valence-electron chi connectivity index (χ1n) is 7.49. The van der Waals surface area contributed by atoms with Gasteiger partial charge >= 0.3 is 0 Å². The van der Waals surface area contributed by atoms with E-state index in [1.807, 2.05) is 26.0 Å². The number of ether oxygens (including phenoxy) is 2. The monoisotopic (exact) mass is 301 g/mol. The number of carbonyl (C=O) groups excluding carboxylic acids is 1. The lowest BCUT2D eigenvalue weighted by Crippen LogP contribution is -2.24. The van der Waals surface area contributed by atoms with E-state index in [1.165, 1.54) is 0 Å². The molecule has 2 heterocycles. The third-order valence-corrected chi connectivity index (χ3v) is 3.49. The lowest BCUT2D eigenvalue weighted by Gasteiger charge is -2.15. The van der Waals surface area contributed by atoms with E-state index in [4.69, 9.17) is 9.47 Å². The number of nitrogens with zero attached hydrogens (tertiary/aromatic N) is 1. The summed E-state index contributed by atoms with van der Waals surface area (Å²) in [7, 11) is 0. The van der Waals surface area contributed by atoms with Gasteiger partial charge in [0.25, 0.3) is 5.91 Å². The molecule has 116 valence electrons. The van der Waals surface area contributed by atoms with Gasteiger partial charge in [-0.3, -0.25) is 9.78 Å². The Morgan fingerprint density at radius 2 is 1.77 bits per heavy atom. The molecule has 0 unspecified atom stereocenters. The van der Waals surface area contributed by atoms with Gasteiger partial charge in [-0.05, 0) is 19.9 Å². The predicted molar refractivity (Wildman–Crippen MR) is 84.9 cm³/mol. The van der Waals surface area contributed by atoms with Crippen molar-refractivity contribution in [1.29, 1.82) is 0 Å². The summed E-state index contributed by atoms with van der Waals surface area (Å²) in [5, 5.41) is 7.00. The Bertz CT molecular complexity index is 715. The molecule has 0 bridgehead atoms. The zero-order valence-corrected chi connectivity index (χ0v) is 12.7. The van der Waals surface area contributed by atoms with E-state index in [9.17, 15) is 4.79 Å². The lowest BCUT2D eigenvalue weighted by atomic mass is 10.1. The average Bonchev–Trinajstić information content (AvgIpc) is 2.70.